The number of carbonyl (C=O) groups is 1. The molecular weight excluding hydrogens is 260 g/mol. The average molecular weight is 288 g/mol. The number of aliphatic hydroxyl groups is 1. The minimum atomic E-state index is -0.322. The summed E-state index contributed by atoms with van der Waals surface area (Å²) in [6.45, 7) is 7.25. The molecule has 3 saturated carbocycles. The van der Waals surface area contributed by atoms with Crippen LogP contribution in [0.4, 0.5) is 0 Å². The van der Waals surface area contributed by atoms with Crippen LogP contribution in [0.1, 0.15) is 59.3 Å². The molecule has 1 spiro atoms. The highest BCUT2D eigenvalue weighted by Gasteiger charge is 2.68. The minimum absolute atomic E-state index is 0.00839. The van der Waals surface area contributed by atoms with Crippen molar-refractivity contribution in [3.8, 4) is 0 Å². The highest BCUT2D eigenvalue weighted by atomic mass is 16.3. The average Bonchev–Trinajstić information content (AvgIpc) is 2.35. The van der Waals surface area contributed by atoms with Crippen molar-refractivity contribution in [1.29, 1.82) is 0 Å². The first-order valence-corrected chi connectivity index (χ1v) is 8.72. The molecule has 0 aromatic rings. The lowest BCUT2D eigenvalue weighted by atomic mass is 9.36. The second kappa shape index (κ2) is 4.01. The van der Waals surface area contributed by atoms with E-state index in [9.17, 15) is 9.90 Å². The molecule has 116 valence electrons. The molecule has 0 aromatic heterocycles. The maximum Gasteiger partial charge on any atom is 0.140 e. The summed E-state index contributed by atoms with van der Waals surface area (Å²) in [5.74, 6) is 1.46. The van der Waals surface area contributed by atoms with Crippen LogP contribution in [-0.2, 0) is 4.79 Å². The first kappa shape index (κ1) is 14.0. The van der Waals surface area contributed by atoms with Gasteiger partial charge in [0.05, 0.1) is 6.10 Å². The van der Waals surface area contributed by atoms with Gasteiger partial charge in [-0.1, -0.05) is 39.3 Å². The molecule has 2 heteroatoms. The van der Waals surface area contributed by atoms with Crippen LogP contribution in [0.15, 0.2) is 12.2 Å². The summed E-state index contributed by atoms with van der Waals surface area (Å²) >= 11 is 0. The summed E-state index contributed by atoms with van der Waals surface area (Å²) in [6, 6.07) is 0. The molecule has 4 aliphatic carbocycles. The Hall–Kier alpha value is -0.630. The van der Waals surface area contributed by atoms with E-state index in [4.69, 9.17) is 0 Å². The van der Waals surface area contributed by atoms with Crippen LogP contribution in [0.2, 0.25) is 0 Å². The summed E-state index contributed by atoms with van der Waals surface area (Å²) in [5, 5.41) is 11.0. The number of Topliss-reactive ketones (excluding diaryl/α,β-unsaturated/α-hetero) is 1. The number of ketones is 1. The zero-order valence-electron chi connectivity index (χ0n) is 13.6. The molecule has 0 heterocycles. The fourth-order valence-electron chi connectivity index (χ4n) is 6.88. The van der Waals surface area contributed by atoms with Crippen LogP contribution in [-0.4, -0.2) is 17.0 Å². The smallest absolute Gasteiger partial charge is 0.140 e. The third-order valence-corrected chi connectivity index (χ3v) is 7.85. The Balaban J connectivity index is 1.81. The topological polar surface area (TPSA) is 37.3 Å². The van der Waals surface area contributed by atoms with E-state index in [1.807, 2.05) is 0 Å². The van der Waals surface area contributed by atoms with E-state index in [-0.39, 0.29) is 17.4 Å². The van der Waals surface area contributed by atoms with Crippen molar-refractivity contribution in [2.75, 3.05) is 0 Å². The molecule has 2 nitrogen and oxygen atoms in total. The van der Waals surface area contributed by atoms with Crippen molar-refractivity contribution in [2.24, 2.45) is 34.0 Å². The van der Waals surface area contributed by atoms with Crippen LogP contribution in [0.5, 0.6) is 0 Å². The first-order chi connectivity index (χ1) is 9.82. The molecule has 0 unspecified atom stereocenters. The van der Waals surface area contributed by atoms with Crippen molar-refractivity contribution in [1.82, 2.24) is 0 Å². The molecule has 6 atom stereocenters. The Bertz CT molecular complexity index is 520. The Labute approximate surface area is 128 Å². The first-order valence-electron chi connectivity index (χ1n) is 8.72. The van der Waals surface area contributed by atoms with Crippen molar-refractivity contribution >= 4 is 5.78 Å². The molecule has 4 rings (SSSR count). The Kier molecular flexibility index (Phi) is 2.67. The summed E-state index contributed by atoms with van der Waals surface area (Å²) in [7, 11) is 0. The van der Waals surface area contributed by atoms with Gasteiger partial charge in [-0.15, -0.1) is 0 Å². The van der Waals surface area contributed by atoms with Gasteiger partial charge in [0.1, 0.15) is 5.78 Å². The number of fused-ring (bicyclic) bond motifs is 2. The molecule has 0 amide bonds. The van der Waals surface area contributed by atoms with Crippen molar-refractivity contribution < 1.29 is 9.90 Å². The van der Waals surface area contributed by atoms with Crippen molar-refractivity contribution in [3.05, 3.63) is 12.2 Å². The quantitative estimate of drug-likeness (QED) is 0.690. The van der Waals surface area contributed by atoms with Gasteiger partial charge in [-0.05, 0) is 48.3 Å². The molecule has 3 fully saturated rings. The van der Waals surface area contributed by atoms with Gasteiger partial charge >= 0.3 is 0 Å². The number of rotatable bonds is 0. The van der Waals surface area contributed by atoms with E-state index in [0.29, 0.717) is 28.4 Å². The number of carbonyl (C=O) groups excluding carboxylic acids is 1. The number of hydrogen-bond acceptors (Lipinski definition) is 2. The fraction of sp³-hybridized carbons (Fsp3) is 0.842. The molecule has 0 bridgehead atoms. The van der Waals surface area contributed by atoms with Gasteiger partial charge in [0.2, 0.25) is 0 Å². The lowest BCUT2D eigenvalue weighted by Gasteiger charge is -2.68. The van der Waals surface area contributed by atoms with Crippen LogP contribution >= 0.6 is 0 Å². The van der Waals surface area contributed by atoms with Crippen LogP contribution in [0.25, 0.3) is 0 Å². The van der Waals surface area contributed by atoms with Crippen LogP contribution in [0, 0.1) is 34.0 Å². The SMILES string of the molecule is CC1(C)CCC[C@]2(C)[C@H]3CCC(=O)[C@H]4C=C[C@]43[C@H](O)C[C@@H]12. The number of aliphatic hydroxyl groups excluding tert-OH is 1. The Morgan fingerprint density at radius 3 is 2.62 bits per heavy atom. The second-order valence-corrected chi connectivity index (χ2v) is 9.05. The normalized spacial score (nSPS) is 54.2. The lowest BCUT2D eigenvalue weighted by Crippen LogP contribution is -2.67. The van der Waals surface area contributed by atoms with E-state index >= 15 is 0 Å². The summed E-state index contributed by atoms with van der Waals surface area (Å²) in [6.07, 6.45) is 10.4. The molecule has 0 radical (unpaired) electrons. The maximum atomic E-state index is 12.3. The largest absolute Gasteiger partial charge is 0.392 e. The van der Waals surface area contributed by atoms with Gasteiger partial charge in [-0.3, -0.25) is 4.79 Å². The molecular formula is C19H28O2. The Morgan fingerprint density at radius 1 is 1.19 bits per heavy atom. The van der Waals surface area contributed by atoms with Crippen LogP contribution in [0.3, 0.4) is 0 Å². The molecule has 4 aliphatic rings. The summed E-state index contributed by atoms with van der Waals surface area (Å²) in [5.41, 5.74) is 0.401. The summed E-state index contributed by atoms with van der Waals surface area (Å²) in [4.78, 5) is 12.3. The van der Waals surface area contributed by atoms with Gasteiger partial charge < -0.3 is 5.11 Å². The predicted molar refractivity (Wildman–Crippen MR) is 82.6 cm³/mol. The second-order valence-electron chi connectivity index (χ2n) is 9.05. The lowest BCUT2D eigenvalue weighted by molar-refractivity contribution is -0.203. The molecule has 0 saturated heterocycles. The zero-order chi connectivity index (χ0) is 15.0. The van der Waals surface area contributed by atoms with E-state index in [0.717, 1.165) is 19.3 Å². The van der Waals surface area contributed by atoms with Gasteiger partial charge in [0, 0.05) is 17.8 Å². The fourth-order valence-corrected chi connectivity index (χ4v) is 6.88. The highest BCUT2D eigenvalue weighted by molar-refractivity contribution is 5.87. The van der Waals surface area contributed by atoms with E-state index < -0.39 is 0 Å². The molecule has 21 heavy (non-hydrogen) atoms. The maximum absolute atomic E-state index is 12.3. The third-order valence-electron chi connectivity index (χ3n) is 7.85. The van der Waals surface area contributed by atoms with E-state index in [1.54, 1.807) is 0 Å². The van der Waals surface area contributed by atoms with Gasteiger partial charge in [-0.25, -0.2) is 0 Å². The van der Waals surface area contributed by atoms with E-state index in [2.05, 4.69) is 32.9 Å². The summed E-state index contributed by atoms with van der Waals surface area (Å²) < 4.78 is 0. The van der Waals surface area contributed by atoms with Crippen molar-refractivity contribution in [3.63, 3.8) is 0 Å². The highest BCUT2D eigenvalue weighted by Crippen LogP contribution is 2.70. The standard InChI is InChI=1S/C19H28O2/c1-17(2)8-4-9-18(3)14-6-5-13(20)12-7-10-19(12,14)16(21)11-15(17)18/h7,10,12,14-16,21H,4-6,8-9,11H2,1-3H3/t12-,14-,15+,16-,18-,19+/m1/s1. The number of hydrogen-bond donors (Lipinski definition) is 1. The Morgan fingerprint density at radius 2 is 1.95 bits per heavy atom. The van der Waals surface area contributed by atoms with Gasteiger partial charge in [0.15, 0.2) is 0 Å². The van der Waals surface area contributed by atoms with Crippen LogP contribution < -0.4 is 0 Å². The van der Waals surface area contributed by atoms with E-state index in [1.165, 1.54) is 19.3 Å². The monoisotopic (exact) mass is 288 g/mol. The third kappa shape index (κ3) is 1.50. The predicted octanol–water partition coefficient (Wildman–Crippen LogP) is 3.74. The minimum Gasteiger partial charge on any atom is -0.392 e. The molecule has 0 aliphatic heterocycles. The zero-order valence-corrected chi connectivity index (χ0v) is 13.6. The van der Waals surface area contributed by atoms with Gasteiger partial charge in [0.25, 0.3) is 0 Å². The van der Waals surface area contributed by atoms with Crippen molar-refractivity contribution in [2.45, 2.75) is 65.4 Å². The number of allylic oxidation sites excluding steroid dienone is 1. The molecule has 1 N–H and O–H groups in total. The molecule has 0 aromatic carbocycles. The van der Waals surface area contributed by atoms with Gasteiger partial charge in [-0.2, -0.15) is 0 Å².